The third kappa shape index (κ3) is 1.85. The molecule has 2 N–H and O–H groups in total. The number of nitrogens with zero attached hydrogens (tertiary/aromatic N) is 2. The molecule has 1 atom stereocenters. The number of guanidine groups is 1. The van der Waals surface area contributed by atoms with E-state index in [9.17, 15) is 0 Å². The van der Waals surface area contributed by atoms with Gasteiger partial charge in [0.05, 0.1) is 12.6 Å². The van der Waals surface area contributed by atoms with Crippen LogP contribution in [0.5, 0.6) is 0 Å². The van der Waals surface area contributed by atoms with Crippen molar-refractivity contribution in [2.24, 2.45) is 10.7 Å². The molecule has 1 aliphatic heterocycles. The van der Waals surface area contributed by atoms with Crippen molar-refractivity contribution in [2.45, 2.75) is 19.9 Å². The summed E-state index contributed by atoms with van der Waals surface area (Å²) in [5.41, 5.74) is 7.24. The molecule has 2 heterocycles. The lowest BCUT2D eigenvalue weighted by Gasteiger charge is -2.24. The Morgan fingerprint density at radius 1 is 1.69 bits per heavy atom. The number of hydrogen-bond acceptors (Lipinski definition) is 4. The van der Waals surface area contributed by atoms with E-state index in [1.54, 1.807) is 0 Å². The molecule has 86 valence electrons. The molecule has 4 heteroatoms. The molecule has 0 fully saturated rings. The van der Waals surface area contributed by atoms with Gasteiger partial charge in [0.1, 0.15) is 0 Å². The first kappa shape index (κ1) is 11.2. The van der Waals surface area contributed by atoms with Crippen molar-refractivity contribution >= 4 is 17.3 Å². The summed E-state index contributed by atoms with van der Waals surface area (Å²) in [4.78, 5) is 9.14. The molecule has 16 heavy (non-hydrogen) atoms. The van der Waals surface area contributed by atoms with Crippen LogP contribution in [0, 0.1) is 13.8 Å². The molecule has 0 amide bonds. The predicted octanol–water partition coefficient (Wildman–Crippen LogP) is 2.22. The molecule has 0 spiro atoms. The fourth-order valence-corrected chi connectivity index (χ4v) is 3.12. The van der Waals surface area contributed by atoms with Crippen LogP contribution in [0.2, 0.25) is 0 Å². The van der Waals surface area contributed by atoms with Crippen molar-refractivity contribution in [3.05, 3.63) is 34.0 Å². The maximum Gasteiger partial charge on any atom is 0.192 e. The zero-order chi connectivity index (χ0) is 11.7. The molecule has 2 rings (SSSR count). The summed E-state index contributed by atoms with van der Waals surface area (Å²) in [5.74, 6) is 0.633. The van der Waals surface area contributed by atoms with Crippen molar-refractivity contribution < 1.29 is 0 Å². The fraction of sp³-hybridized carbons (Fsp3) is 0.417. The van der Waals surface area contributed by atoms with Crippen LogP contribution in [-0.4, -0.2) is 23.9 Å². The molecule has 0 saturated heterocycles. The molecular formula is C12H17N3S. The summed E-state index contributed by atoms with van der Waals surface area (Å²) in [5, 5.41) is 0. The number of aryl methyl sites for hydroxylation is 2. The number of nitrogens with two attached hydrogens (primary N) is 1. The van der Waals surface area contributed by atoms with Gasteiger partial charge in [-0.15, -0.1) is 17.9 Å². The summed E-state index contributed by atoms with van der Waals surface area (Å²) >= 11 is 1.83. The van der Waals surface area contributed by atoms with Crippen LogP contribution < -0.4 is 5.73 Å². The quantitative estimate of drug-likeness (QED) is 0.816. The summed E-state index contributed by atoms with van der Waals surface area (Å²) < 4.78 is 0. The van der Waals surface area contributed by atoms with Gasteiger partial charge in [0.2, 0.25) is 0 Å². The Kier molecular flexibility index (Phi) is 3.01. The number of rotatable bonds is 3. The van der Waals surface area contributed by atoms with Gasteiger partial charge in [-0.1, -0.05) is 6.08 Å². The van der Waals surface area contributed by atoms with E-state index in [1.807, 2.05) is 17.4 Å². The van der Waals surface area contributed by atoms with Gasteiger partial charge in [-0.05, 0) is 25.5 Å². The Hall–Kier alpha value is -1.29. The van der Waals surface area contributed by atoms with Gasteiger partial charge in [0.25, 0.3) is 0 Å². The first-order valence-electron chi connectivity index (χ1n) is 5.38. The second kappa shape index (κ2) is 4.29. The topological polar surface area (TPSA) is 41.6 Å². The Morgan fingerprint density at radius 2 is 2.44 bits per heavy atom. The molecule has 1 unspecified atom stereocenters. The van der Waals surface area contributed by atoms with Crippen molar-refractivity contribution in [1.82, 2.24) is 4.90 Å². The minimum Gasteiger partial charge on any atom is -0.370 e. The van der Waals surface area contributed by atoms with Crippen molar-refractivity contribution in [3.8, 4) is 0 Å². The van der Waals surface area contributed by atoms with Crippen LogP contribution in [0.4, 0.5) is 0 Å². The first-order valence-corrected chi connectivity index (χ1v) is 6.19. The standard InChI is InChI=1S/C12H17N3S/c1-4-5-15-11(7-14-12(15)13)10-6-8(2)16-9(10)3/h4,6,11H,1,5,7H2,2-3H3,(H2,13,14). The summed E-state index contributed by atoms with van der Waals surface area (Å²) in [7, 11) is 0. The highest BCUT2D eigenvalue weighted by Gasteiger charge is 2.28. The van der Waals surface area contributed by atoms with Crippen LogP contribution in [0.25, 0.3) is 0 Å². The summed E-state index contributed by atoms with van der Waals surface area (Å²) in [6.07, 6.45) is 1.87. The van der Waals surface area contributed by atoms with E-state index in [1.165, 1.54) is 15.3 Å². The van der Waals surface area contributed by atoms with Gasteiger partial charge >= 0.3 is 0 Å². The Bertz CT molecular complexity index is 433. The lowest BCUT2D eigenvalue weighted by Crippen LogP contribution is -2.36. The molecule has 0 radical (unpaired) electrons. The van der Waals surface area contributed by atoms with E-state index < -0.39 is 0 Å². The SMILES string of the molecule is C=CCN1C(N)=NCC1c1cc(C)sc1C. The number of hydrogen-bond donors (Lipinski definition) is 1. The van der Waals surface area contributed by atoms with E-state index in [4.69, 9.17) is 5.73 Å². The van der Waals surface area contributed by atoms with Crippen molar-refractivity contribution in [2.75, 3.05) is 13.1 Å². The summed E-state index contributed by atoms with van der Waals surface area (Å²) in [6, 6.07) is 2.54. The molecule has 1 aromatic rings. The molecule has 1 aromatic heterocycles. The maximum atomic E-state index is 5.88. The third-order valence-electron chi connectivity index (χ3n) is 2.86. The molecule has 1 aliphatic rings. The van der Waals surface area contributed by atoms with Gasteiger partial charge in [-0.25, -0.2) is 0 Å². The molecule has 0 aromatic carbocycles. The van der Waals surface area contributed by atoms with Crippen LogP contribution in [0.15, 0.2) is 23.7 Å². The van der Waals surface area contributed by atoms with E-state index in [2.05, 4.69) is 36.4 Å². The second-order valence-corrected chi connectivity index (χ2v) is 5.48. The highest BCUT2D eigenvalue weighted by Crippen LogP contribution is 2.32. The molecule has 0 bridgehead atoms. The second-order valence-electron chi connectivity index (χ2n) is 4.02. The molecule has 0 saturated carbocycles. The lowest BCUT2D eigenvalue weighted by molar-refractivity contribution is 0.380. The highest BCUT2D eigenvalue weighted by atomic mass is 32.1. The maximum absolute atomic E-state index is 5.88. The van der Waals surface area contributed by atoms with Crippen LogP contribution in [0.3, 0.4) is 0 Å². The van der Waals surface area contributed by atoms with Crippen molar-refractivity contribution in [3.63, 3.8) is 0 Å². The average Bonchev–Trinajstić information content (AvgIpc) is 2.73. The van der Waals surface area contributed by atoms with Gasteiger partial charge < -0.3 is 10.6 Å². The van der Waals surface area contributed by atoms with Gasteiger partial charge in [0.15, 0.2) is 5.96 Å². The molecule has 3 nitrogen and oxygen atoms in total. The van der Waals surface area contributed by atoms with Crippen LogP contribution in [0.1, 0.15) is 21.4 Å². The average molecular weight is 235 g/mol. The lowest BCUT2D eigenvalue weighted by atomic mass is 10.1. The smallest absolute Gasteiger partial charge is 0.192 e. The zero-order valence-corrected chi connectivity index (χ0v) is 10.5. The third-order valence-corrected chi connectivity index (χ3v) is 3.84. The van der Waals surface area contributed by atoms with E-state index >= 15 is 0 Å². The Balaban J connectivity index is 2.28. The van der Waals surface area contributed by atoms with E-state index in [0.717, 1.165) is 13.1 Å². The van der Waals surface area contributed by atoms with E-state index in [-0.39, 0.29) is 0 Å². The van der Waals surface area contributed by atoms with E-state index in [0.29, 0.717) is 12.0 Å². The Morgan fingerprint density at radius 3 is 3.00 bits per heavy atom. The fourth-order valence-electron chi connectivity index (χ4n) is 2.14. The van der Waals surface area contributed by atoms with Crippen molar-refractivity contribution in [1.29, 1.82) is 0 Å². The normalized spacial score (nSPS) is 20.0. The van der Waals surface area contributed by atoms with Crippen LogP contribution in [-0.2, 0) is 0 Å². The monoisotopic (exact) mass is 235 g/mol. The minimum atomic E-state index is 0.294. The Labute approximate surface area is 100 Å². The van der Waals surface area contributed by atoms with Gasteiger partial charge in [0, 0.05) is 16.3 Å². The molecular weight excluding hydrogens is 218 g/mol. The summed E-state index contributed by atoms with van der Waals surface area (Å²) in [6.45, 7) is 9.58. The highest BCUT2D eigenvalue weighted by molar-refractivity contribution is 7.12. The number of thiophene rings is 1. The van der Waals surface area contributed by atoms with Crippen LogP contribution >= 0.6 is 11.3 Å². The number of aliphatic imine (C=N–C) groups is 1. The minimum absolute atomic E-state index is 0.294. The predicted molar refractivity (Wildman–Crippen MR) is 69.9 cm³/mol. The first-order chi connectivity index (χ1) is 7.63. The molecule has 0 aliphatic carbocycles. The van der Waals surface area contributed by atoms with Gasteiger partial charge in [-0.3, -0.25) is 4.99 Å². The largest absolute Gasteiger partial charge is 0.370 e. The zero-order valence-electron chi connectivity index (χ0n) is 9.73. The van der Waals surface area contributed by atoms with Gasteiger partial charge in [-0.2, -0.15) is 0 Å².